The van der Waals surface area contributed by atoms with Gasteiger partial charge in [-0.1, -0.05) is 53.7 Å². The molecule has 7 nitrogen and oxygen atoms in total. The van der Waals surface area contributed by atoms with Crippen LogP contribution in [0.5, 0.6) is 0 Å². The van der Waals surface area contributed by atoms with E-state index in [4.69, 9.17) is 4.74 Å². The SMILES string of the molecule is CN(CCC[C@](C)(NC(C)(C)C)C(=O)C(C)(C)C)C(=O)OC/C=C/CCC[C@@](C)(NC(C)(C)C)C(=O)C(C)(C)C. The van der Waals surface area contributed by atoms with Crippen molar-refractivity contribution in [3.05, 3.63) is 12.2 Å². The highest BCUT2D eigenvalue weighted by atomic mass is 16.6. The van der Waals surface area contributed by atoms with Crippen molar-refractivity contribution in [2.45, 2.75) is 151 Å². The van der Waals surface area contributed by atoms with E-state index in [0.29, 0.717) is 19.4 Å². The van der Waals surface area contributed by atoms with Gasteiger partial charge in [0.05, 0.1) is 11.1 Å². The molecule has 234 valence electrons. The lowest BCUT2D eigenvalue weighted by molar-refractivity contribution is -0.134. The molecule has 40 heavy (non-hydrogen) atoms. The maximum absolute atomic E-state index is 13.2. The van der Waals surface area contributed by atoms with Gasteiger partial charge in [0.2, 0.25) is 0 Å². The Balaban J connectivity index is 4.79. The van der Waals surface area contributed by atoms with Crippen LogP contribution in [0.2, 0.25) is 0 Å². The molecule has 0 fully saturated rings. The van der Waals surface area contributed by atoms with Crippen LogP contribution in [0, 0.1) is 10.8 Å². The zero-order chi connectivity index (χ0) is 31.8. The number of ether oxygens (including phenoxy) is 1. The highest BCUT2D eigenvalue weighted by molar-refractivity contribution is 5.93. The number of ketones is 2. The summed E-state index contributed by atoms with van der Waals surface area (Å²) < 4.78 is 5.42. The number of hydrogen-bond donors (Lipinski definition) is 2. The third-order valence-electron chi connectivity index (χ3n) is 6.67. The van der Waals surface area contributed by atoms with Crippen LogP contribution < -0.4 is 10.6 Å². The predicted molar refractivity (Wildman–Crippen MR) is 168 cm³/mol. The number of unbranched alkanes of at least 4 members (excludes halogenated alkanes) is 1. The molecule has 0 radical (unpaired) electrons. The van der Waals surface area contributed by atoms with E-state index < -0.39 is 21.9 Å². The first kappa shape index (κ1) is 38.3. The second-order valence-corrected chi connectivity index (χ2v) is 16.0. The van der Waals surface area contributed by atoms with Crippen molar-refractivity contribution in [1.29, 1.82) is 0 Å². The van der Waals surface area contributed by atoms with Gasteiger partial charge >= 0.3 is 6.09 Å². The standard InChI is InChI=1S/C33H63N3O4/c1-28(2,3)25(37)32(13,34-30(7,8)9)21-18-16-17-19-24-40-27(39)36(15)23-20-22-33(14,35-31(10,11)12)26(38)29(4,5)6/h17,19,34-35H,16,18,20-24H2,1-15H3/b19-17+/t32-,33+/m1/s1. The summed E-state index contributed by atoms with van der Waals surface area (Å²) in [7, 11) is 1.72. The Morgan fingerprint density at radius 3 is 1.43 bits per heavy atom. The van der Waals surface area contributed by atoms with Crippen LogP contribution in [0.25, 0.3) is 0 Å². The second kappa shape index (κ2) is 14.4. The lowest BCUT2D eigenvalue weighted by atomic mass is 9.75. The summed E-state index contributed by atoms with van der Waals surface area (Å²) >= 11 is 0. The van der Waals surface area contributed by atoms with Gasteiger partial charge in [0, 0.05) is 35.5 Å². The molecule has 0 rings (SSSR count). The number of allylic oxidation sites excluding steroid dienone is 1. The second-order valence-electron chi connectivity index (χ2n) is 16.0. The molecule has 0 aromatic heterocycles. The smallest absolute Gasteiger partial charge is 0.409 e. The van der Waals surface area contributed by atoms with E-state index in [1.165, 1.54) is 0 Å². The first-order chi connectivity index (χ1) is 17.7. The fourth-order valence-electron chi connectivity index (χ4n) is 5.53. The molecule has 1 amide bonds. The van der Waals surface area contributed by atoms with Crippen molar-refractivity contribution >= 4 is 17.7 Å². The number of nitrogens with one attached hydrogen (secondary N) is 2. The maximum Gasteiger partial charge on any atom is 0.409 e. The van der Waals surface area contributed by atoms with E-state index in [1.54, 1.807) is 11.9 Å². The first-order valence-corrected chi connectivity index (χ1v) is 14.9. The summed E-state index contributed by atoms with van der Waals surface area (Å²) in [6.07, 6.45) is 7.17. The van der Waals surface area contributed by atoms with Crippen molar-refractivity contribution in [3.8, 4) is 0 Å². The molecule has 0 spiro atoms. The first-order valence-electron chi connectivity index (χ1n) is 14.9. The van der Waals surface area contributed by atoms with Crippen molar-refractivity contribution in [3.63, 3.8) is 0 Å². The quantitative estimate of drug-likeness (QED) is 0.173. The van der Waals surface area contributed by atoms with E-state index in [1.807, 2.05) is 67.5 Å². The molecule has 0 heterocycles. The topological polar surface area (TPSA) is 87.7 Å². The van der Waals surface area contributed by atoms with Gasteiger partial charge in [-0.05, 0) is 87.5 Å². The number of amides is 1. The molecule has 0 aliphatic heterocycles. The minimum absolute atomic E-state index is 0.169. The highest BCUT2D eigenvalue weighted by Gasteiger charge is 2.42. The average Bonchev–Trinajstić information content (AvgIpc) is 2.73. The van der Waals surface area contributed by atoms with Gasteiger partial charge in [-0.2, -0.15) is 0 Å². The van der Waals surface area contributed by atoms with Gasteiger partial charge in [0.1, 0.15) is 6.61 Å². The van der Waals surface area contributed by atoms with Crippen LogP contribution in [0.15, 0.2) is 12.2 Å². The molecular weight excluding hydrogens is 502 g/mol. The van der Waals surface area contributed by atoms with Crippen LogP contribution in [-0.4, -0.2) is 64.9 Å². The molecule has 0 bridgehead atoms. The van der Waals surface area contributed by atoms with Crippen LogP contribution in [0.1, 0.15) is 129 Å². The number of nitrogens with zero attached hydrogens (tertiary/aromatic N) is 1. The van der Waals surface area contributed by atoms with Gasteiger partial charge < -0.3 is 20.3 Å². The molecule has 0 saturated heterocycles. The molecule has 0 unspecified atom stereocenters. The monoisotopic (exact) mass is 565 g/mol. The summed E-state index contributed by atoms with van der Waals surface area (Å²) in [6, 6.07) is 0. The third kappa shape index (κ3) is 14.2. The molecule has 0 aliphatic rings. The fourth-order valence-corrected chi connectivity index (χ4v) is 5.53. The number of carbonyl (C=O) groups excluding carboxylic acids is 3. The lowest BCUT2D eigenvalue weighted by Crippen LogP contribution is -2.60. The van der Waals surface area contributed by atoms with Crippen molar-refractivity contribution in [2.24, 2.45) is 10.8 Å². The zero-order valence-electron chi connectivity index (χ0n) is 28.7. The predicted octanol–water partition coefficient (Wildman–Crippen LogP) is 7.09. The average molecular weight is 566 g/mol. The Kier molecular flexibility index (Phi) is 13.8. The molecule has 0 aromatic rings. The Bertz CT molecular complexity index is 868. The van der Waals surface area contributed by atoms with Crippen LogP contribution in [-0.2, 0) is 14.3 Å². The summed E-state index contributed by atoms with van der Waals surface area (Å²) in [5.41, 5.74) is -2.55. The number of rotatable bonds is 14. The molecule has 2 atom stereocenters. The third-order valence-corrected chi connectivity index (χ3v) is 6.67. The zero-order valence-corrected chi connectivity index (χ0v) is 28.7. The van der Waals surface area contributed by atoms with Crippen LogP contribution >= 0.6 is 0 Å². The van der Waals surface area contributed by atoms with Crippen molar-refractivity contribution < 1.29 is 19.1 Å². The van der Waals surface area contributed by atoms with Gasteiger partial charge in [-0.3, -0.25) is 9.59 Å². The Morgan fingerprint density at radius 1 is 0.650 bits per heavy atom. The van der Waals surface area contributed by atoms with E-state index in [9.17, 15) is 14.4 Å². The molecule has 7 heteroatoms. The van der Waals surface area contributed by atoms with E-state index in [2.05, 4.69) is 52.2 Å². The Morgan fingerprint density at radius 2 is 1.05 bits per heavy atom. The van der Waals surface area contributed by atoms with Gasteiger partial charge in [-0.25, -0.2) is 4.79 Å². The van der Waals surface area contributed by atoms with E-state index in [0.717, 1.165) is 19.3 Å². The molecule has 0 aromatic carbocycles. The number of carbonyl (C=O) groups is 3. The van der Waals surface area contributed by atoms with E-state index >= 15 is 0 Å². The Hall–Kier alpha value is -1.73. The maximum atomic E-state index is 13.2. The minimum atomic E-state index is -0.681. The molecular formula is C33H63N3O4. The summed E-state index contributed by atoms with van der Waals surface area (Å²) in [4.78, 5) is 40.4. The van der Waals surface area contributed by atoms with Crippen molar-refractivity contribution in [2.75, 3.05) is 20.2 Å². The summed E-state index contributed by atoms with van der Waals surface area (Å²) in [5.74, 6) is 0.385. The number of hydrogen-bond acceptors (Lipinski definition) is 6. The molecule has 0 saturated carbocycles. The lowest BCUT2D eigenvalue weighted by Gasteiger charge is -2.40. The highest BCUT2D eigenvalue weighted by Crippen LogP contribution is 2.30. The Labute approximate surface area is 246 Å². The van der Waals surface area contributed by atoms with Crippen LogP contribution in [0.3, 0.4) is 0 Å². The van der Waals surface area contributed by atoms with Gasteiger partial charge in [0.15, 0.2) is 11.6 Å². The number of Topliss-reactive ketones (excluding diaryl/α,β-unsaturated/α-hetero) is 2. The summed E-state index contributed by atoms with van der Waals surface area (Å²) in [6.45, 7) is 28.9. The fraction of sp³-hybridized carbons (Fsp3) is 0.848. The van der Waals surface area contributed by atoms with Gasteiger partial charge in [-0.15, -0.1) is 0 Å². The molecule has 2 N–H and O–H groups in total. The molecule has 0 aliphatic carbocycles. The largest absolute Gasteiger partial charge is 0.445 e. The summed E-state index contributed by atoms with van der Waals surface area (Å²) in [5, 5.41) is 7.07. The van der Waals surface area contributed by atoms with Crippen LogP contribution in [0.4, 0.5) is 4.79 Å². The van der Waals surface area contributed by atoms with Gasteiger partial charge in [0.25, 0.3) is 0 Å². The normalized spacial score (nSPS) is 16.4. The minimum Gasteiger partial charge on any atom is -0.445 e. The van der Waals surface area contributed by atoms with E-state index in [-0.39, 0.29) is 35.3 Å². The van der Waals surface area contributed by atoms with Crippen molar-refractivity contribution in [1.82, 2.24) is 15.5 Å².